The molecule has 0 saturated carbocycles. The molecule has 0 spiro atoms. The Bertz CT molecular complexity index is 385. The van der Waals surface area contributed by atoms with Crippen LogP contribution in [0.15, 0.2) is 0 Å². The molecule has 0 aromatic carbocycles. The second-order valence-corrected chi connectivity index (χ2v) is 9.18. The van der Waals surface area contributed by atoms with E-state index in [9.17, 15) is 0 Å². The average Bonchev–Trinajstić information content (AvgIpc) is 3.09. The van der Waals surface area contributed by atoms with Gasteiger partial charge < -0.3 is 19.7 Å². The van der Waals surface area contributed by atoms with Crippen molar-refractivity contribution in [3.63, 3.8) is 0 Å². The number of nitrogens with one attached hydrogen (secondary N) is 1. The molecule has 0 aromatic heterocycles. The van der Waals surface area contributed by atoms with Crippen molar-refractivity contribution in [1.29, 1.82) is 0 Å². The Hall–Kier alpha value is -0.200. The summed E-state index contributed by atoms with van der Waals surface area (Å²) in [4.78, 5) is 5.19. The molecule has 5 nitrogen and oxygen atoms in total. The molecule has 0 unspecified atom stereocenters. The van der Waals surface area contributed by atoms with Crippen LogP contribution in [0.5, 0.6) is 0 Å². The first-order valence-corrected chi connectivity index (χ1v) is 10.4. The number of morpholine rings is 1. The van der Waals surface area contributed by atoms with Crippen LogP contribution in [0, 0.1) is 11.3 Å². The van der Waals surface area contributed by atoms with Crippen LogP contribution in [0.25, 0.3) is 0 Å². The molecule has 3 rings (SSSR count). The number of piperidine rings is 1. The molecule has 25 heavy (non-hydrogen) atoms. The quantitative estimate of drug-likeness (QED) is 0.788. The van der Waals surface area contributed by atoms with Gasteiger partial charge in [-0.3, -0.25) is 4.90 Å². The third-order valence-corrected chi connectivity index (χ3v) is 6.16. The molecule has 0 aromatic rings. The number of rotatable bonds is 6. The SMILES string of the molecule is CC(C)(C)[C@H]1OCC[C@@H]1CNC1CCN(CCN2CCOCC2)CC1. The van der Waals surface area contributed by atoms with Crippen molar-refractivity contribution in [2.45, 2.75) is 52.2 Å². The van der Waals surface area contributed by atoms with Gasteiger partial charge in [0, 0.05) is 51.3 Å². The predicted molar refractivity (Wildman–Crippen MR) is 102 cm³/mol. The van der Waals surface area contributed by atoms with E-state index in [1.165, 1.54) is 45.4 Å². The Labute approximate surface area is 154 Å². The van der Waals surface area contributed by atoms with E-state index < -0.39 is 0 Å². The summed E-state index contributed by atoms with van der Waals surface area (Å²) in [5.74, 6) is 0.680. The standard InChI is InChI=1S/C20H39N3O2/c1-20(2,3)19-17(6-13-25-19)16-21-18-4-7-22(8-5-18)9-10-23-11-14-24-15-12-23/h17-19,21H,4-16H2,1-3H3/t17-,19+/m1/s1. The van der Waals surface area contributed by atoms with E-state index in [1.54, 1.807) is 0 Å². The Kier molecular flexibility index (Phi) is 7.15. The number of ether oxygens (including phenoxy) is 2. The fourth-order valence-electron chi connectivity index (χ4n) is 4.59. The van der Waals surface area contributed by atoms with Gasteiger partial charge in [0.2, 0.25) is 0 Å². The second-order valence-electron chi connectivity index (χ2n) is 9.18. The van der Waals surface area contributed by atoms with Crippen molar-refractivity contribution in [3.05, 3.63) is 0 Å². The van der Waals surface area contributed by atoms with Crippen LogP contribution in [0.3, 0.4) is 0 Å². The van der Waals surface area contributed by atoms with E-state index in [1.807, 2.05) is 0 Å². The van der Waals surface area contributed by atoms with Gasteiger partial charge in [0.15, 0.2) is 0 Å². The second kappa shape index (κ2) is 9.14. The molecule has 3 saturated heterocycles. The summed E-state index contributed by atoms with van der Waals surface area (Å²) < 4.78 is 11.4. The minimum absolute atomic E-state index is 0.256. The van der Waals surface area contributed by atoms with Gasteiger partial charge in [0.05, 0.1) is 19.3 Å². The number of hydrogen-bond donors (Lipinski definition) is 1. The highest BCUT2D eigenvalue weighted by molar-refractivity contribution is 4.88. The van der Waals surface area contributed by atoms with Crippen LogP contribution in [-0.4, -0.2) is 87.6 Å². The molecule has 146 valence electrons. The molecule has 0 bridgehead atoms. The zero-order valence-corrected chi connectivity index (χ0v) is 16.6. The third kappa shape index (κ3) is 5.90. The van der Waals surface area contributed by atoms with Crippen LogP contribution in [0.2, 0.25) is 0 Å². The number of hydrogen-bond acceptors (Lipinski definition) is 5. The first-order chi connectivity index (χ1) is 12.0. The normalized spacial score (nSPS) is 30.8. The van der Waals surface area contributed by atoms with Gasteiger partial charge in [-0.25, -0.2) is 0 Å². The molecule has 3 aliphatic heterocycles. The summed E-state index contributed by atoms with van der Waals surface area (Å²) in [5.41, 5.74) is 0.256. The van der Waals surface area contributed by atoms with Crippen LogP contribution >= 0.6 is 0 Å². The van der Waals surface area contributed by atoms with Crippen molar-refractivity contribution in [2.75, 3.05) is 65.6 Å². The molecule has 5 heteroatoms. The van der Waals surface area contributed by atoms with Gasteiger partial charge in [0.1, 0.15) is 0 Å². The van der Waals surface area contributed by atoms with Crippen LogP contribution in [0.1, 0.15) is 40.0 Å². The Morgan fingerprint density at radius 1 is 0.880 bits per heavy atom. The molecule has 0 aliphatic carbocycles. The molecule has 3 fully saturated rings. The first-order valence-electron chi connectivity index (χ1n) is 10.4. The molecule has 2 atom stereocenters. The van der Waals surface area contributed by atoms with Gasteiger partial charge >= 0.3 is 0 Å². The highest BCUT2D eigenvalue weighted by atomic mass is 16.5. The van der Waals surface area contributed by atoms with Crippen molar-refractivity contribution in [2.24, 2.45) is 11.3 Å². The van der Waals surface area contributed by atoms with Crippen molar-refractivity contribution in [3.8, 4) is 0 Å². The van der Waals surface area contributed by atoms with Crippen molar-refractivity contribution >= 4 is 0 Å². The summed E-state index contributed by atoms with van der Waals surface area (Å²) in [6.07, 6.45) is 4.20. The topological polar surface area (TPSA) is 37.0 Å². The summed E-state index contributed by atoms with van der Waals surface area (Å²) in [6, 6.07) is 0.695. The minimum atomic E-state index is 0.256. The van der Waals surface area contributed by atoms with Crippen LogP contribution in [0.4, 0.5) is 0 Å². The van der Waals surface area contributed by atoms with Crippen LogP contribution < -0.4 is 5.32 Å². The highest BCUT2D eigenvalue weighted by Gasteiger charge is 2.37. The summed E-state index contributed by atoms with van der Waals surface area (Å²) >= 11 is 0. The fraction of sp³-hybridized carbons (Fsp3) is 1.00. The number of nitrogens with zero attached hydrogens (tertiary/aromatic N) is 2. The van der Waals surface area contributed by atoms with Crippen LogP contribution in [-0.2, 0) is 9.47 Å². The average molecular weight is 354 g/mol. The van der Waals surface area contributed by atoms with E-state index in [-0.39, 0.29) is 5.41 Å². The zero-order valence-electron chi connectivity index (χ0n) is 16.6. The largest absolute Gasteiger partial charge is 0.379 e. The predicted octanol–water partition coefficient (Wildman–Crippen LogP) is 1.82. The fourth-order valence-corrected chi connectivity index (χ4v) is 4.59. The minimum Gasteiger partial charge on any atom is -0.379 e. The van der Waals surface area contributed by atoms with E-state index in [4.69, 9.17) is 9.47 Å². The highest BCUT2D eigenvalue weighted by Crippen LogP contribution is 2.34. The Morgan fingerprint density at radius 3 is 2.16 bits per heavy atom. The van der Waals surface area contributed by atoms with Gasteiger partial charge in [-0.1, -0.05) is 20.8 Å². The maximum Gasteiger partial charge on any atom is 0.0664 e. The lowest BCUT2D eigenvalue weighted by Gasteiger charge is -2.36. The summed E-state index contributed by atoms with van der Waals surface area (Å²) in [5, 5.41) is 3.86. The molecule has 0 amide bonds. The molecular weight excluding hydrogens is 314 g/mol. The third-order valence-electron chi connectivity index (χ3n) is 6.16. The lowest BCUT2D eigenvalue weighted by Crippen LogP contribution is -2.48. The molecule has 1 N–H and O–H groups in total. The van der Waals surface area contributed by atoms with E-state index in [0.29, 0.717) is 18.1 Å². The number of likely N-dealkylation sites (tertiary alicyclic amines) is 1. The molecule has 3 heterocycles. The van der Waals surface area contributed by atoms with Crippen molar-refractivity contribution in [1.82, 2.24) is 15.1 Å². The first kappa shape index (κ1) is 19.6. The van der Waals surface area contributed by atoms with Gasteiger partial charge in [-0.05, 0) is 37.8 Å². The van der Waals surface area contributed by atoms with E-state index >= 15 is 0 Å². The summed E-state index contributed by atoms with van der Waals surface area (Å²) in [7, 11) is 0. The van der Waals surface area contributed by atoms with Crippen molar-refractivity contribution < 1.29 is 9.47 Å². The maximum atomic E-state index is 6.01. The Morgan fingerprint density at radius 2 is 1.52 bits per heavy atom. The van der Waals surface area contributed by atoms with Gasteiger partial charge in [-0.2, -0.15) is 0 Å². The van der Waals surface area contributed by atoms with E-state index in [2.05, 4.69) is 35.9 Å². The monoisotopic (exact) mass is 353 g/mol. The van der Waals surface area contributed by atoms with Gasteiger partial charge in [-0.15, -0.1) is 0 Å². The molecule has 3 aliphatic rings. The van der Waals surface area contributed by atoms with E-state index in [0.717, 1.165) is 39.5 Å². The molecule has 0 radical (unpaired) electrons. The van der Waals surface area contributed by atoms with Gasteiger partial charge in [0.25, 0.3) is 0 Å². The lowest BCUT2D eigenvalue weighted by atomic mass is 9.81. The Balaban J connectivity index is 1.31. The summed E-state index contributed by atoms with van der Waals surface area (Å²) in [6.45, 7) is 17.9. The zero-order chi connectivity index (χ0) is 17.7. The maximum absolute atomic E-state index is 6.01. The lowest BCUT2D eigenvalue weighted by molar-refractivity contribution is 0.00626. The molecular formula is C20H39N3O2. The smallest absolute Gasteiger partial charge is 0.0664 e.